The number of rotatable bonds is 7. The third-order valence-corrected chi connectivity index (χ3v) is 4.36. The van der Waals surface area contributed by atoms with Crippen LogP contribution in [0.15, 0.2) is 53.1 Å². The van der Waals surface area contributed by atoms with Gasteiger partial charge in [0.05, 0.1) is 18.7 Å². The maximum atomic E-state index is 12.6. The third kappa shape index (κ3) is 4.61. The average molecular weight is 402 g/mol. The largest absolute Gasteiger partial charge is 0.497 e. The summed E-state index contributed by atoms with van der Waals surface area (Å²) in [5.74, 6) is 1.66. The molecular formula is C20H20ClN3O4. The molecule has 1 heterocycles. The molecule has 146 valence electrons. The fourth-order valence-electron chi connectivity index (χ4n) is 2.59. The molecule has 0 aliphatic rings. The van der Waals surface area contributed by atoms with Crippen LogP contribution >= 0.6 is 11.6 Å². The molecule has 0 saturated heterocycles. The summed E-state index contributed by atoms with van der Waals surface area (Å²) >= 11 is 6.15. The zero-order valence-corrected chi connectivity index (χ0v) is 16.5. The second-order valence-electron chi connectivity index (χ2n) is 6.12. The molecule has 2 aromatic carbocycles. The second-order valence-corrected chi connectivity index (χ2v) is 6.53. The van der Waals surface area contributed by atoms with Gasteiger partial charge in [-0.25, -0.2) is 0 Å². The Morgan fingerprint density at radius 3 is 2.71 bits per heavy atom. The van der Waals surface area contributed by atoms with Crippen LogP contribution in [0.5, 0.6) is 11.5 Å². The van der Waals surface area contributed by atoms with Crippen LogP contribution in [-0.2, 0) is 11.3 Å². The maximum absolute atomic E-state index is 12.6. The van der Waals surface area contributed by atoms with Crippen LogP contribution in [0.25, 0.3) is 11.4 Å². The number of hydrogen-bond acceptors (Lipinski definition) is 6. The van der Waals surface area contributed by atoms with Gasteiger partial charge in [0.25, 0.3) is 5.91 Å². The van der Waals surface area contributed by atoms with Crippen molar-refractivity contribution in [2.75, 3.05) is 14.2 Å². The first-order valence-electron chi connectivity index (χ1n) is 8.61. The van der Waals surface area contributed by atoms with Crippen molar-refractivity contribution in [3.63, 3.8) is 0 Å². The van der Waals surface area contributed by atoms with Gasteiger partial charge in [-0.15, -0.1) is 0 Å². The molecule has 3 aromatic rings. The van der Waals surface area contributed by atoms with Crippen molar-refractivity contribution < 1.29 is 18.8 Å². The second kappa shape index (κ2) is 8.75. The highest BCUT2D eigenvalue weighted by atomic mass is 35.5. The van der Waals surface area contributed by atoms with Crippen LogP contribution in [0.1, 0.15) is 12.8 Å². The molecule has 0 spiro atoms. The minimum Gasteiger partial charge on any atom is -0.497 e. The Bertz CT molecular complexity index is 960. The van der Waals surface area contributed by atoms with E-state index in [1.807, 2.05) is 12.1 Å². The Labute approximate surface area is 167 Å². The molecule has 1 atom stereocenters. The van der Waals surface area contributed by atoms with E-state index in [0.717, 1.165) is 0 Å². The minimum absolute atomic E-state index is 0.155. The van der Waals surface area contributed by atoms with E-state index in [9.17, 15) is 4.79 Å². The monoisotopic (exact) mass is 401 g/mol. The lowest BCUT2D eigenvalue weighted by atomic mass is 10.2. The van der Waals surface area contributed by atoms with E-state index in [0.29, 0.717) is 33.8 Å². The molecule has 0 aliphatic heterocycles. The molecule has 8 heteroatoms. The van der Waals surface area contributed by atoms with E-state index < -0.39 is 6.10 Å². The lowest BCUT2D eigenvalue weighted by Gasteiger charge is -2.20. The van der Waals surface area contributed by atoms with Gasteiger partial charge < -0.3 is 18.9 Å². The number of halogens is 1. The van der Waals surface area contributed by atoms with Crippen LogP contribution in [-0.4, -0.2) is 41.2 Å². The predicted molar refractivity (Wildman–Crippen MR) is 104 cm³/mol. The van der Waals surface area contributed by atoms with Gasteiger partial charge in [-0.1, -0.05) is 35.0 Å². The first kappa shape index (κ1) is 19.7. The highest BCUT2D eigenvalue weighted by Gasteiger charge is 2.22. The summed E-state index contributed by atoms with van der Waals surface area (Å²) in [4.78, 5) is 18.4. The molecule has 0 N–H and O–H groups in total. The highest BCUT2D eigenvalue weighted by molar-refractivity contribution is 6.33. The maximum Gasteiger partial charge on any atom is 0.263 e. The number of amides is 1. The minimum atomic E-state index is -0.692. The number of aromatic nitrogens is 2. The number of hydrogen-bond donors (Lipinski definition) is 0. The van der Waals surface area contributed by atoms with Gasteiger partial charge in [-0.2, -0.15) is 4.98 Å². The Balaban J connectivity index is 1.63. The smallest absolute Gasteiger partial charge is 0.263 e. The summed E-state index contributed by atoms with van der Waals surface area (Å²) in [6.45, 7) is 1.84. The van der Waals surface area contributed by atoms with Crippen molar-refractivity contribution in [2.45, 2.75) is 19.6 Å². The van der Waals surface area contributed by atoms with E-state index in [1.54, 1.807) is 57.5 Å². The highest BCUT2D eigenvalue weighted by Crippen LogP contribution is 2.25. The van der Waals surface area contributed by atoms with Crippen LogP contribution in [0.4, 0.5) is 0 Å². The van der Waals surface area contributed by atoms with E-state index in [4.69, 9.17) is 25.6 Å². The molecule has 3 rings (SSSR count). The lowest BCUT2D eigenvalue weighted by Crippen LogP contribution is -2.37. The first-order valence-corrected chi connectivity index (χ1v) is 8.99. The topological polar surface area (TPSA) is 77.7 Å². The van der Waals surface area contributed by atoms with Crippen molar-refractivity contribution in [1.82, 2.24) is 15.0 Å². The number of benzene rings is 2. The van der Waals surface area contributed by atoms with Gasteiger partial charge in [0.2, 0.25) is 11.7 Å². The summed E-state index contributed by atoms with van der Waals surface area (Å²) in [6, 6.07) is 14.3. The average Bonchev–Trinajstić information content (AvgIpc) is 3.16. The van der Waals surface area contributed by atoms with E-state index >= 15 is 0 Å². The molecule has 28 heavy (non-hydrogen) atoms. The van der Waals surface area contributed by atoms with E-state index in [2.05, 4.69) is 10.1 Å². The van der Waals surface area contributed by atoms with Crippen LogP contribution in [0.3, 0.4) is 0 Å². The number of nitrogens with zero attached hydrogens (tertiary/aromatic N) is 3. The summed E-state index contributed by atoms with van der Waals surface area (Å²) in [7, 11) is 3.22. The van der Waals surface area contributed by atoms with Crippen molar-refractivity contribution >= 4 is 17.5 Å². The zero-order chi connectivity index (χ0) is 20.1. The SMILES string of the molecule is COc1cccc(OC(C)C(=O)N(C)Cc2nc(-c3ccccc3Cl)no2)c1. The Hall–Kier alpha value is -3.06. The van der Waals surface area contributed by atoms with Crippen LogP contribution in [0, 0.1) is 0 Å². The van der Waals surface area contributed by atoms with Gasteiger partial charge >= 0.3 is 0 Å². The molecule has 1 unspecified atom stereocenters. The number of ether oxygens (including phenoxy) is 2. The van der Waals surface area contributed by atoms with Gasteiger partial charge in [0.15, 0.2) is 6.10 Å². The summed E-state index contributed by atoms with van der Waals surface area (Å²) in [5, 5.41) is 4.47. The molecule has 1 aromatic heterocycles. The molecular weight excluding hydrogens is 382 g/mol. The molecule has 0 aliphatic carbocycles. The van der Waals surface area contributed by atoms with Crippen molar-refractivity contribution in [3.05, 3.63) is 59.4 Å². The number of carbonyl (C=O) groups is 1. The van der Waals surface area contributed by atoms with Gasteiger partial charge in [-0.05, 0) is 31.2 Å². The van der Waals surface area contributed by atoms with Crippen molar-refractivity contribution in [1.29, 1.82) is 0 Å². The summed E-state index contributed by atoms with van der Waals surface area (Å²) in [6.07, 6.45) is -0.692. The number of likely N-dealkylation sites (N-methyl/N-ethyl adjacent to an activating group) is 1. The molecule has 0 bridgehead atoms. The third-order valence-electron chi connectivity index (χ3n) is 4.03. The number of carbonyl (C=O) groups excluding carboxylic acids is 1. The van der Waals surface area contributed by atoms with Crippen LogP contribution < -0.4 is 9.47 Å². The van der Waals surface area contributed by atoms with Gasteiger partial charge in [-0.3, -0.25) is 4.79 Å². The summed E-state index contributed by atoms with van der Waals surface area (Å²) < 4.78 is 16.1. The van der Waals surface area contributed by atoms with Crippen molar-refractivity contribution in [3.8, 4) is 22.9 Å². The fourth-order valence-corrected chi connectivity index (χ4v) is 2.81. The van der Waals surface area contributed by atoms with Gasteiger partial charge in [0, 0.05) is 18.7 Å². The lowest BCUT2D eigenvalue weighted by molar-refractivity contribution is -0.137. The van der Waals surface area contributed by atoms with Crippen LogP contribution in [0.2, 0.25) is 5.02 Å². The van der Waals surface area contributed by atoms with Crippen molar-refractivity contribution in [2.24, 2.45) is 0 Å². The zero-order valence-electron chi connectivity index (χ0n) is 15.8. The normalized spacial score (nSPS) is 11.7. The predicted octanol–water partition coefficient (Wildman–Crippen LogP) is 3.82. The Morgan fingerprint density at radius 1 is 1.21 bits per heavy atom. The Kier molecular flexibility index (Phi) is 6.16. The molecule has 7 nitrogen and oxygen atoms in total. The quantitative estimate of drug-likeness (QED) is 0.598. The molecule has 0 radical (unpaired) electrons. The van der Waals surface area contributed by atoms with Gasteiger partial charge in [0.1, 0.15) is 11.5 Å². The summed E-state index contributed by atoms with van der Waals surface area (Å²) in [5.41, 5.74) is 0.669. The molecule has 1 amide bonds. The fraction of sp³-hybridized carbons (Fsp3) is 0.250. The van der Waals surface area contributed by atoms with E-state index in [1.165, 1.54) is 4.90 Å². The molecule has 0 fully saturated rings. The standard InChI is InChI=1S/C20H20ClN3O4/c1-13(27-15-8-6-7-14(11-15)26-3)20(25)24(2)12-18-22-19(23-28-18)16-9-4-5-10-17(16)21/h4-11,13H,12H2,1-3H3. The Morgan fingerprint density at radius 2 is 1.96 bits per heavy atom. The number of methoxy groups -OCH3 is 1. The molecule has 0 saturated carbocycles. The first-order chi connectivity index (χ1) is 13.5. The van der Waals surface area contributed by atoms with E-state index in [-0.39, 0.29) is 12.5 Å².